The van der Waals surface area contributed by atoms with Crippen LogP contribution in [-0.4, -0.2) is 56.7 Å². The van der Waals surface area contributed by atoms with Crippen molar-refractivity contribution < 1.29 is 9.18 Å². The van der Waals surface area contributed by atoms with Gasteiger partial charge in [0.2, 0.25) is 5.91 Å². The lowest BCUT2D eigenvalue weighted by atomic mass is 10.1. The van der Waals surface area contributed by atoms with Crippen LogP contribution in [0.2, 0.25) is 0 Å². The molecule has 33 heavy (non-hydrogen) atoms. The summed E-state index contributed by atoms with van der Waals surface area (Å²) in [5, 5.41) is 5.67. The smallest absolute Gasteiger partial charge is 0.225 e. The van der Waals surface area contributed by atoms with Crippen molar-refractivity contribution in [3.8, 4) is 5.69 Å². The minimum Gasteiger partial charge on any atom is -0.352 e. The molecule has 7 nitrogen and oxygen atoms in total. The summed E-state index contributed by atoms with van der Waals surface area (Å²) in [5.74, 6) is 1.94. The highest BCUT2D eigenvalue weighted by Crippen LogP contribution is 2.31. The fourth-order valence-corrected chi connectivity index (χ4v) is 5.10. The largest absolute Gasteiger partial charge is 0.352 e. The Morgan fingerprint density at radius 1 is 1.06 bits per heavy atom. The minimum atomic E-state index is -0.279. The number of piperazine rings is 1. The van der Waals surface area contributed by atoms with Gasteiger partial charge in [-0.2, -0.15) is 5.10 Å². The molecule has 5 rings (SSSR count). The summed E-state index contributed by atoms with van der Waals surface area (Å²) in [4.78, 5) is 27.0. The molecule has 0 atom stereocenters. The fraction of sp³-hybridized carbons (Fsp3) is 0.520. The first-order valence-corrected chi connectivity index (χ1v) is 12.1. The molecular formula is C25H31FN6O. The van der Waals surface area contributed by atoms with Crippen molar-refractivity contribution in [1.82, 2.24) is 24.6 Å². The van der Waals surface area contributed by atoms with Gasteiger partial charge in [-0.05, 0) is 50.5 Å². The van der Waals surface area contributed by atoms with Crippen molar-refractivity contribution in [2.75, 3.05) is 31.1 Å². The van der Waals surface area contributed by atoms with Gasteiger partial charge < -0.3 is 9.80 Å². The van der Waals surface area contributed by atoms with E-state index in [4.69, 9.17) is 15.1 Å². The SMILES string of the molecule is CCCc1nc(N2CCN(C(=O)C3CCCC3)CC2)c2c(C)nn(-c3ccc(F)cc3)c2n1. The molecule has 1 aromatic carbocycles. The summed E-state index contributed by atoms with van der Waals surface area (Å²) in [5.41, 5.74) is 2.36. The lowest BCUT2D eigenvalue weighted by Gasteiger charge is -2.37. The predicted molar refractivity (Wildman–Crippen MR) is 126 cm³/mol. The van der Waals surface area contributed by atoms with Crippen molar-refractivity contribution in [2.24, 2.45) is 5.92 Å². The quantitative estimate of drug-likeness (QED) is 0.587. The van der Waals surface area contributed by atoms with Crippen molar-refractivity contribution in [1.29, 1.82) is 0 Å². The van der Waals surface area contributed by atoms with Crippen LogP contribution in [0.25, 0.3) is 16.7 Å². The monoisotopic (exact) mass is 450 g/mol. The Bertz CT molecular complexity index is 1140. The van der Waals surface area contributed by atoms with Crippen LogP contribution in [0.3, 0.4) is 0 Å². The van der Waals surface area contributed by atoms with Gasteiger partial charge in [-0.1, -0.05) is 19.8 Å². The lowest BCUT2D eigenvalue weighted by Crippen LogP contribution is -2.50. The average molecular weight is 451 g/mol. The van der Waals surface area contributed by atoms with E-state index in [-0.39, 0.29) is 11.7 Å². The Morgan fingerprint density at radius 3 is 2.42 bits per heavy atom. The van der Waals surface area contributed by atoms with E-state index < -0.39 is 0 Å². The average Bonchev–Trinajstić information content (AvgIpc) is 3.48. The van der Waals surface area contributed by atoms with Crippen LogP contribution in [0.5, 0.6) is 0 Å². The van der Waals surface area contributed by atoms with E-state index in [0.717, 1.165) is 85.9 Å². The molecule has 3 heterocycles. The normalized spacial score (nSPS) is 17.3. The van der Waals surface area contributed by atoms with Crippen molar-refractivity contribution >= 4 is 22.8 Å². The Balaban J connectivity index is 1.47. The summed E-state index contributed by atoms with van der Waals surface area (Å²) in [6.45, 7) is 7.01. The van der Waals surface area contributed by atoms with Crippen molar-refractivity contribution in [2.45, 2.75) is 52.4 Å². The highest BCUT2D eigenvalue weighted by Gasteiger charge is 2.31. The number of aromatic nitrogens is 4. The van der Waals surface area contributed by atoms with E-state index in [2.05, 4.69) is 11.8 Å². The van der Waals surface area contributed by atoms with E-state index in [0.29, 0.717) is 5.91 Å². The van der Waals surface area contributed by atoms with Gasteiger partial charge in [-0.25, -0.2) is 19.0 Å². The molecule has 1 saturated heterocycles. The number of carbonyl (C=O) groups is 1. The van der Waals surface area contributed by atoms with Crippen molar-refractivity contribution in [3.63, 3.8) is 0 Å². The molecule has 1 aliphatic heterocycles. The number of rotatable bonds is 5. The van der Waals surface area contributed by atoms with Gasteiger partial charge in [0.1, 0.15) is 17.5 Å². The predicted octanol–water partition coefficient (Wildman–Crippen LogP) is 4.05. The maximum Gasteiger partial charge on any atom is 0.225 e. The van der Waals surface area contributed by atoms with Gasteiger partial charge in [0.15, 0.2) is 5.65 Å². The fourth-order valence-electron chi connectivity index (χ4n) is 5.10. The van der Waals surface area contributed by atoms with Gasteiger partial charge in [-0.3, -0.25) is 4.79 Å². The number of nitrogens with zero attached hydrogens (tertiary/aromatic N) is 6. The van der Waals surface area contributed by atoms with Crippen LogP contribution in [0, 0.1) is 18.7 Å². The topological polar surface area (TPSA) is 67.2 Å². The zero-order valence-electron chi connectivity index (χ0n) is 19.4. The summed E-state index contributed by atoms with van der Waals surface area (Å²) < 4.78 is 15.3. The number of hydrogen-bond acceptors (Lipinski definition) is 5. The van der Waals surface area contributed by atoms with Crippen LogP contribution in [0.1, 0.15) is 50.5 Å². The van der Waals surface area contributed by atoms with E-state index in [9.17, 15) is 9.18 Å². The molecule has 8 heteroatoms. The first-order chi connectivity index (χ1) is 16.0. The number of benzene rings is 1. The zero-order valence-corrected chi connectivity index (χ0v) is 19.4. The van der Waals surface area contributed by atoms with Crippen LogP contribution < -0.4 is 4.90 Å². The molecule has 174 valence electrons. The maximum absolute atomic E-state index is 13.5. The number of aryl methyl sites for hydroxylation is 2. The molecule has 0 spiro atoms. The third-order valence-electron chi connectivity index (χ3n) is 6.87. The Kier molecular flexibility index (Phi) is 6.00. The van der Waals surface area contributed by atoms with Crippen molar-refractivity contribution in [3.05, 3.63) is 41.6 Å². The molecule has 0 radical (unpaired) electrons. The van der Waals surface area contributed by atoms with Crippen LogP contribution in [-0.2, 0) is 11.2 Å². The number of amides is 1. The van der Waals surface area contributed by atoms with E-state index in [1.807, 2.05) is 11.8 Å². The van der Waals surface area contributed by atoms with Crippen LogP contribution >= 0.6 is 0 Å². The van der Waals surface area contributed by atoms with Gasteiger partial charge in [-0.15, -0.1) is 0 Å². The lowest BCUT2D eigenvalue weighted by molar-refractivity contribution is -0.135. The van der Waals surface area contributed by atoms with E-state index >= 15 is 0 Å². The van der Waals surface area contributed by atoms with Gasteiger partial charge >= 0.3 is 0 Å². The molecule has 2 fully saturated rings. The highest BCUT2D eigenvalue weighted by atomic mass is 19.1. The summed E-state index contributed by atoms with van der Waals surface area (Å²) in [7, 11) is 0. The second-order valence-electron chi connectivity index (χ2n) is 9.18. The molecule has 1 aliphatic carbocycles. The van der Waals surface area contributed by atoms with Gasteiger partial charge in [0, 0.05) is 38.5 Å². The van der Waals surface area contributed by atoms with Crippen LogP contribution in [0.4, 0.5) is 10.2 Å². The summed E-state index contributed by atoms with van der Waals surface area (Å²) in [6, 6.07) is 6.31. The second-order valence-corrected chi connectivity index (χ2v) is 9.18. The van der Waals surface area contributed by atoms with Crippen LogP contribution in [0.15, 0.2) is 24.3 Å². The number of fused-ring (bicyclic) bond motifs is 1. The number of halogens is 1. The molecule has 2 aliphatic rings. The number of hydrogen-bond donors (Lipinski definition) is 0. The Morgan fingerprint density at radius 2 is 1.76 bits per heavy atom. The summed E-state index contributed by atoms with van der Waals surface area (Å²) in [6.07, 6.45) is 6.13. The van der Waals surface area contributed by atoms with Gasteiger partial charge in [0.25, 0.3) is 0 Å². The van der Waals surface area contributed by atoms with E-state index in [1.54, 1.807) is 16.8 Å². The first-order valence-electron chi connectivity index (χ1n) is 12.1. The molecule has 1 amide bonds. The minimum absolute atomic E-state index is 0.217. The molecule has 2 aromatic heterocycles. The number of carbonyl (C=O) groups excluding carboxylic acids is 1. The number of anilines is 1. The standard InChI is InChI=1S/C25H31FN6O/c1-3-6-21-27-23(30-13-15-31(16-14-30)25(33)18-7-4-5-8-18)22-17(2)29-32(24(22)28-21)20-11-9-19(26)10-12-20/h9-12,18H,3-8,13-16H2,1-2H3. The molecule has 0 unspecified atom stereocenters. The molecule has 1 saturated carbocycles. The maximum atomic E-state index is 13.5. The molecule has 3 aromatic rings. The van der Waals surface area contributed by atoms with E-state index in [1.165, 1.54) is 25.0 Å². The summed E-state index contributed by atoms with van der Waals surface area (Å²) >= 11 is 0. The molecule has 0 bridgehead atoms. The molecule has 0 N–H and O–H groups in total. The third kappa shape index (κ3) is 4.18. The Labute approximate surface area is 193 Å². The third-order valence-corrected chi connectivity index (χ3v) is 6.87. The molecular weight excluding hydrogens is 419 g/mol. The first kappa shape index (κ1) is 21.8. The van der Waals surface area contributed by atoms with Gasteiger partial charge in [0.05, 0.1) is 16.8 Å². The zero-order chi connectivity index (χ0) is 22.9. The highest BCUT2D eigenvalue weighted by molar-refractivity contribution is 5.91. The Hall–Kier alpha value is -3.03. The second kappa shape index (κ2) is 9.08.